The number of nitrogens with one attached hydrogen (secondary N) is 3. The standard InChI is InChI=1S/C27H28BrN3O3S/c1-4-5-14-34-24-13-11-19(16-22(24)28)25(32)31-27(35)30-23-9-7-6-8-21(23)26(33)29-20-12-10-17(2)18(3)15-20/h6-13,15-16H,4-5,14H2,1-3H3,(H,29,33)(H2,30,31,32,35). The Bertz CT molecular complexity index is 1250. The third-order valence-corrected chi connectivity index (χ3v) is 6.19. The largest absolute Gasteiger partial charge is 0.492 e. The van der Waals surface area contributed by atoms with Crippen molar-refractivity contribution in [2.24, 2.45) is 0 Å². The van der Waals surface area contributed by atoms with Crippen molar-refractivity contribution in [3.8, 4) is 5.75 Å². The van der Waals surface area contributed by atoms with Gasteiger partial charge in [0.2, 0.25) is 0 Å². The molecule has 0 heterocycles. The van der Waals surface area contributed by atoms with Gasteiger partial charge in [0.25, 0.3) is 11.8 Å². The number of thiocarbonyl (C=S) groups is 1. The summed E-state index contributed by atoms with van der Waals surface area (Å²) in [5.41, 5.74) is 4.25. The Hall–Kier alpha value is -3.23. The number of halogens is 1. The number of unbranched alkanes of at least 4 members (excludes halogenated alkanes) is 1. The Balaban J connectivity index is 1.65. The van der Waals surface area contributed by atoms with Gasteiger partial charge in [0.15, 0.2) is 5.11 Å². The summed E-state index contributed by atoms with van der Waals surface area (Å²) in [6.07, 6.45) is 2.00. The Morgan fingerprint density at radius 1 is 0.943 bits per heavy atom. The third-order valence-electron chi connectivity index (χ3n) is 5.36. The fourth-order valence-electron chi connectivity index (χ4n) is 3.22. The fraction of sp³-hybridized carbons (Fsp3) is 0.222. The van der Waals surface area contributed by atoms with Gasteiger partial charge in [-0.15, -0.1) is 0 Å². The number of anilines is 2. The van der Waals surface area contributed by atoms with Crippen LogP contribution in [0.4, 0.5) is 11.4 Å². The number of carbonyl (C=O) groups is 2. The zero-order valence-corrected chi connectivity index (χ0v) is 22.3. The van der Waals surface area contributed by atoms with E-state index in [1.54, 1.807) is 42.5 Å². The van der Waals surface area contributed by atoms with Crippen LogP contribution in [0, 0.1) is 13.8 Å². The minimum Gasteiger partial charge on any atom is -0.492 e. The van der Waals surface area contributed by atoms with E-state index in [2.05, 4.69) is 38.8 Å². The Kier molecular flexibility index (Phi) is 9.39. The second-order valence-electron chi connectivity index (χ2n) is 8.05. The summed E-state index contributed by atoms with van der Waals surface area (Å²) in [7, 11) is 0. The van der Waals surface area contributed by atoms with Crippen LogP contribution < -0.4 is 20.7 Å². The second-order valence-corrected chi connectivity index (χ2v) is 9.32. The number of para-hydroxylation sites is 1. The lowest BCUT2D eigenvalue weighted by atomic mass is 10.1. The number of amides is 2. The van der Waals surface area contributed by atoms with E-state index < -0.39 is 0 Å². The van der Waals surface area contributed by atoms with Crippen molar-refractivity contribution >= 4 is 56.4 Å². The van der Waals surface area contributed by atoms with Gasteiger partial charge in [-0.1, -0.05) is 31.5 Å². The summed E-state index contributed by atoms with van der Waals surface area (Å²) >= 11 is 8.79. The normalized spacial score (nSPS) is 10.4. The fourth-order valence-corrected chi connectivity index (χ4v) is 3.92. The molecule has 0 aliphatic rings. The van der Waals surface area contributed by atoms with E-state index in [1.165, 1.54) is 0 Å². The molecule has 3 rings (SSSR count). The zero-order chi connectivity index (χ0) is 25.4. The third kappa shape index (κ3) is 7.37. The monoisotopic (exact) mass is 553 g/mol. The lowest BCUT2D eigenvalue weighted by Gasteiger charge is -2.14. The van der Waals surface area contributed by atoms with Crippen LogP contribution in [-0.2, 0) is 0 Å². The molecule has 6 nitrogen and oxygen atoms in total. The molecule has 0 spiro atoms. The molecule has 8 heteroatoms. The van der Waals surface area contributed by atoms with E-state index in [4.69, 9.17) is 17.0 Å². The van der Waals surface area contributed by atoms with Gasteiger partial charge in [-0.3, -0.25) is 14.9 Å². The average Bonchev–Trinajstić information content (AvgIpc) is 2.82. The number of rotatable bonds is 8. The van der Waals surface area contributed by atoms with Crippen molar-refractivity contribution in [2.75, 3.05) is 17.2 Å². The summed E-state index contributed by atoms with van der Waals surface area (Å²) in [5.74, 6) is 0.0212. The molecule has 3 N–H and O–H groups in total. The molecule has 0 aromatic heterocycles. The maximum absolute atomic E-state index is 12.9. The van der Waals surface area contributed by atoms with E-state index in [9.17, 15) is 9.59 Å². The molecule has 3 aromatic rings. The van der Waals surface area contributed by atoms with Crippen molar-refractivity contribution in [3.05, 3.63) is 87.4 Å². The van der Waals surface area contributed by atoms with Crippen LogP contribution in [0.5, 0.6) is 5.75 Å². The highest BCUT2D eigenvalue weighted by Crippen LogP contribution is 2.26. The van der Waals surface area contributed by atoms with E-state index >= 15 is 0 Å². The first-order chi connectivity index (χ1) is 16.8. The van der Waals surface area contributed by atoms with Crippen molar-refractivity contribution in [2.45, 2.75) is 33.6 Å². The van der Waals surface area contributed by atoms with Crippen molar-refractivity contribution in [1.29, 1.82) is 0 Å². The first kappa shape index (κ1) is 26.4. The first-order valence-electron chi connectivity index (χ1n) is 11.3. The predicted octanol–water partition coefficient (Wildman–Crippen LogP) is 6.62. The van der Waals surface area contributed by atoms with E-state index in [0.29, 0.717) is 39.3 Å². The van der Waals surface area contributed by atoms with Gasteiger partial charge in [-0.05, 0) is 102 Å². The molecule has 2 amide bonds. The maximum Gasteiger partial charge on any atom is 0.257 e. The SMILES string of the molecule is CCCCOc1ccc(C(=O)NC(=S)Nc2ccccc2C(=O)Nc2ccc(C)c(C)c2)cc1Br. The number of ether oxygens (including phenoxy) is 1. The molecule has 0 saturated heterocycles. The van der Waals surface area contributed by atoms with Gasteiger partial charge < -0.3 is 15.4 Å². The van der Waals surface area contributed by atoms with Crippen molar-refractivity contribution < 1.29 is 14.3 Å². The zero-order valence-electron chi connectivity index (χ0n) is 19.9. The van der Waals surface area contributed by atoms with Crippen LogP contribution >= 0.6 is 28.1 Å². The van der Waals surface area contributed by atoms with Crippen LogP contribution in [0.2, 0.25) is 0 Å². The van der Waals surface area contributed by atoms with Gasteiger partial charge in [-0.2, -0.15) is 0 Å². The lowest BCUT2D eigenvalue weighted by molar-refractivity contribution is 0.0976. The molecule has 3 aromatic carbocycles. The number of benzene rings is 3. The Labute approximate surface area is 219 Å². The minimum atomic E-state index is -0.375. The van der Waals surface area contributed by atoms with Gasteiger partial charge in [-0.25, -0.2) is 0 Å². The molecule has 0 fully saturated rings. The van der Waals surface area contributed by atoms with E-state index in [-0.39, 0.29) is 16.9 Å². The highest BCUT2D eigenvalue weighted by molar-refractivity contribution is 9.10. The van der Waals surface area contributed by atoms with Gasteiger partial charge in [0, 0.05) is 11.3 Å². The maximum atomic E-state index is 12.9. The highest BCUT2D eigenvalue weighted by Gasteiger charge is 2.15. The number of aryl methyl sites for hydroxylation is 2. The van der Waals surface area contributed by atoms with Gasteiger partial charge in [0.05, 0.1) is 22.3 Å². The van der Waals surface area contributed by atoms with E-state index in [0.717, 1.165) is 24.0 Å². The van der Waals surface area contributed by atoms with Gasteiger partial charge >= 0.3 is 0 Å². The number of carbonyl (C=O) groups excluding carboxylic acids is 2. The molecular weight excluding hydrogens is 526 g/mol. The van der Waals surface area contributed by atoms with Crippen LogP contribution in [0.15, 0.2) is 65.1 Å². The van der Waals surface area contributed by atoms with Crippen molar-refractivity contribution in [1.82, 2.24) is 5.32 Å². The Morgan fingerprint density at radius 3 is 2.43 bits per heavy atom. The first-order valence-corrected chi connectivity index (χ1v) is 12.5. The predicted molar refractivity (Wildman–Crippen MR) is 149 cm³/mol. The highest BCUT2D eigenvalue weighted by atomic mass is 79.9. The topological polar surface area (TPSA) is 79.5 Å². The molecule has 0 saturated carbocycles. The summed E-state index contributed by atoms with van der Waals surface area (Å²) in [4.78, 5) is 25.6. The average molecular weight is 555 g/mol. The van der Waals surface area contributed by atoms with E-state index in [1.807, 2.05) is 32.0 Å². The molecular formula is C27H28BrN3O3S. The smallest absolute Gasteiger partial charge is 0.257 e. The van der Waals surface area contributed by atoms with Crippen LogP contribution in [0.1, 0.15) is 51.6 Å². The van der Waals surface area contributed by atoms with Crippen molar-refractivity contribution in [3.63, 3.8) is 0 Å². The number of hydrogen-bond acceptors (Lipinski definition) is 4. The summed E-state index contributed by atoms with van der Waals surface area (Å²) < 4.78 is 6.40. The van der Waals surface area contributed by atoms with Gasteiger partial charge in [0.1, 0.15) is 5.75 Å². The molecule has 0 aliphatic carbocycles. The summed E-state index contributed by atoms with van der Waals surface area (Å²) in [6, 6.07) is 17.8. The molecule has 0 unspecified atom stereocenters. The quantitative estimate of drug-likeness (QED) is 0.215. The minimum absolute atomic E-state index is 0.0841. The molecule has 0 radical (unpaired) electrons. The summed E-state index contributed by atoms with van der Waals surface area (Å²) in [5, 5.41) is 8.62. The van der Waals surface area contributed by atoms with Crippen LogP contribution in [0.3, 0.4) is 0 Å². The molecule has 35 heavy (non-hydrogen) atoms. The molecule has 182 valence electrons. The molecule has 0 aliphatic heterocycles. The molecule has 0 atom stereocenters. The second kappa shape index (κ2) is 12.5. The van der Waals surface area contributed by atoms with Crippen LogP contribution in [0.25, 0.3) is 0 Å². The number of hydrogen-bond donors (Lipinski definition) is 3. The lowest BCUT2D eigenvalue weighted by Crippen LogP contribution is -2.34. The Morgan fingerprint density at radius 2 is 1.71 bits per heavy atom. The van der Waals surface area contributed by atoms with Crippen LogP contribution in [-0.4, -0.2) is 23.5 Å². The summed E-state index contributed by atoms with van der Waals surface area (Å²) in [6.45, 7) is 6.72. The molecule has 0 bridgehead atoms.